The van der Waals surface area contributed by atoms with E-state index in [1.165, 1.54) is 8.68 Å². The lowest BCUT2D eigenvalue weighted by Crippen LogP contribution is -2.12. The third kappa shape index (κ3) is 0.339. The van der Waals surface area contributed by atoms with Gasteiger partial charge in [0.1, 0.15) is 0 Å². The van der Waals surface area contributed by atoms with Gasteiger partial charge in [-0.05, 0) is 0 Å². The van der Waals surface area contributed by atoms with E-state index < -0.39 is 13.0 Å². The third-order valence-electron chi connectivity index (χ3n) is 2.42. The van der Waals surface area contributed by atoms with Gasteiger partial charge in [-0.25, -0.2) is 13.7 Å². The van der Waals surface area contributed by atoms with Crippen LogP contribution in [0.25, 0.3) is 11.2 Å². The molecule has 0 fully saturated rings. The molecule has 3 aliphatic rings. The molecule has 0 spiro atoms. The monoisotopic (exact) mass is 195 g/mol. The van der Waals surface area contributed by atoms with Gasteiger partial charge in [0.25, 0.3) is 0 Å². The van der Waals surface area contributed by atoms with Crippen molar-refractivity contribution in [2.45, 2.75) is 0 Å². The van der Waals surface area contributed by atoms with Crippen LogP contribution in [0.3, 0.4) is 0 Å². The molecule has 1 atom stereocenters. The molecule has 5 rings (SSSR count). The van der Waals surface area contributed by atoms with Gasteiger partial charge >= 0.3 is 13.0 Å². The fourth-order valence-corrected chi connectivity index (χ4v) is 4.36. The minimum absolute atomic E-state index is 0.00849. The number of rotatable bonds is 0. The van der Waals surface area contributed by atoms with Crippen LogP contribution in [-0.4, -0.2) is 18.6 Å². The summed E-state index contributed by atoms with van der Waals surface area (Å²) in [7, 11) is -2.72. The topological polar surface area (TPSA) is 95.8 Å². The molecule has 2 aromatic heterocycles. The number of imidazole rings is 1. The highest BCUT2D eigenvalue weighted by Crippen LogP contribution is 2.67. The molecule has 0 saturated carbocycles. The minimum Gasteiger partial charge on any atom is -0.369 e. The van der Waals surface area contributed by atoms with Gasteiger partial charge in [0.15, 0.2) is 11.2 Å². The zero-order valence-electron chi connectivity index (χ0n) is 6.13. The molecule has 0 radical (unpaired) electrons. The zero-order chi connectivity index (χ0) is 8.96. The highest BCUT2D eigenvalue weighted by atomic mass is 31.2. The van der Waals surface area contributed by atoms with Crippen LogP contribution in [0.15, 0.2) is 4.79 Å². The third-order valence-corrected chi connectivity index (χ3v) is 4.92. The number of nitrogens with zero attached hydrogens (tertiary/aromatic N) is 4. The van der Waals surface area contributed by atoms with Crippen LogP contribution in [-0.2, 0) is 4.57 Å². The summed E-state index contributed by atoms with van der Waals surface area (Å²) in [5.41, 5.74) is 6.24. The van der Waals surface area contributed by atoms with Crippen LogP contribution in [0.2, 0.25) is 0 Å². The standard InChI is InChI=1S/C5H2N5O2P/c6-4-8-3(11)1-2-7-5-9(1)13(5,12)10(2)4/h(H2,6,8,11). The van der Waals surface area contributed by atoms with Gasteiger partial charge in [-0.3, -0.25) is 9.36 Å². The summed E-state index contributed by atoms with van der Waals surface area (Å²) in [6.45, 7) is 0. The van der Waals surface area contributed by atoms with Crippen molar-refractivity contribution < 1.29 is 4.57 Å². The SMILES string of the molecule is Nc1nc(=O)c2c3nc4n2P4(=O)n13. The van der Waals surface area contributed by atoms with E-state index in [9.17, 15) is 9.36 Å². The Kier molecular flexibility index (Phi) is 0.556. The first-order valence-electron chi connectivity index (χ1n) is 3.59. The van der Waals surface area contributed by atoms with Gasteiger partial charge < -0.3 is 5.73 Å². The molecular weight excluding hydrogens is 193 g/mol. The van der Waals surface area contributed by atoms with E-state index in [-0.39, 0.29) is 5.95 Å². The van der Waals surface area contributed by atoms with Crippen molar-refractivity contribution in [2.75, 3.05) is 5.73 Å². The number of aromatic nitrogens is 4. The Hall–Kier alpha value is -1.62. The van der Waals surface area contributed by atoms with Crippen molar-refractivity contribution in [1.29, 1.82) is 0 Å². The maximum absolute atomic E-state index is 12.0. The molecule has 0 aromatic carbocycles. The van der Waals surface area contributed by atoms with E-state index in [2.05, 4.69) is 9.97 Å². The quantitative estimate of drug-likeness (QED) is 0.352. The van der Waals surface area contributed by atoms with E-state index in [0.29, 0.717) is 16.7 Å². The highest BCUT2D eigenvalue weighted by Gasteiger charge is 2.61. The summed E-state index contributed by atoms with van der Waals surface area (Å²) in [4.78, 5) is 18.8. The van der Waals surface area contributed by atoms with Crippen LogP contribution in [0.5, 0.6) is 0 Å². The molecule has 8 heteroatoms. The van der Waals surface area contributed by atoms with Crippen LogP contribution in [0, 0.1) is 0 Å². The predicted molar refractivity (Wildman–Crippen MR) is 44.2 cm³/mol. The lowest BCUT2D eigenvalue weighted by molar-refractivity contribution is 0.582. The second-order valence-corrected chi connectivity index (χ2v) is 5.31. The molecule has 3 aliphatic heterocycles. The smallest absolute Gasteiger partial charge is 0.342 e. The first-order valence-corrected chi connectivity index (χ1v) is 5.20. The molecule has 0 aliphatic carbocycles. The number of hydrogen-bond acceptors (Lipinski definition) is 5. The fraction of sp³-hybridized carbons (Fsp3) is 0. The van der Waals surface area contributed by atoms with Gasteiger partial charge in [-0.15, -0.1) is 0 Å². The summed E-state index contributed by atoms with van der Waals surface area (Å²) in [6, 6.07) is 0. The van der Waals surface area contributed by atoms with Crippen molar-refractivity contribution in [2.24, 2.45) is 0 Å². The Morgan fingerprint density at radius 2 is 2.08 bits per heavy atom. The average Bonchev–Trinajstić information content (AvgIpc) is 2.48. The lowest BCUT2D eigenvalue weighted by atomic mass is 10.5. The van der Waals surface area contributed by atoms with E-state index >= 15 is 0 Å². The normalized spacial score (nSPS) is 26.2. The summed E-state index contributed by atoms with van der Waals surface area (Å²) in [5, 5.41) is 0. The van der Waals surface area contributed by atoms with Gasteiger partial charge in [-0.1, -0.05) is 0 Å². The highest BCUT2D eigenvalue weighted by molar-refractivity contribution is 7.77. The van der Waals surface area contributed by atoms with Gasteiger partial charge in [0.2, 0.25) is 11.5 Å². The minimum atomic E-state index is -2.72. The molecule has 0 saturated heterocycles. The van der Waals surface area contributed by atoms with E-state index in [1.54, 1.807) is 0 Å². The lowest BCUT2D eigenvalue weighted by Gasteiger charge is -1.97. The average molecular weight is 195 g/mol. The number of nitrogen functional groups attached to an aromatic ring is 1. The molecule has 1 unspecified atom stereocenters. The van der Waals surface area contributed by atoms with E-state index in [1.807, 2.05) is 0 Å². The fourth-order valence-electron chi connectivity index (χ4n) is 1.87. The predicted octanol–water partition coefficient (Wildman–Crippen LogP) is -1.28. The van der Waals surface area contributed by atoms with Crippen LogP contribution in [0.4, 0.5) is 5.95 Å². The maximum Gasteiger partial charge on any atom is 0.342 e. The van der Waals surface area contributed by atoms with Gasteiger partial charge in [0, 0.05) is 0 Å². The second-order valence-electron chi connectivity index (χ2n) is 3.03. The molecule has 6 bridgehead atoms. The maximum atomic E-state index is 12.0. The molecule has 2 aromatic rings. The molecule has 5 heterocycles. The second kappa shape index (κ2) is 1.22. The Balaban J connectivity index is 2.55. The molecule has 0 amide bonds. The summed E-state index contributed by atoms with van der Waals surface area (Å²) in [5.74, 6) is -0.00849. The molecule has 64 valence electrons. The number of hydrogen-bond donors (Lipinski definition) is 1. The van der Waals surface area contributed by atoms with Gasteiger partial charge in [0.05, 0.1) is 0 Å². The van der Waals surface area contributed by atoms with Crippen molar-refractivity contribution in [3.63, 3.8) is 0 Å². The van der Waals surface area contributed by atoms with Crippen molar-refractivity contribution in [3.05, 3.63) is 10.4 Å². The Morgan fingerprint density at radius 1 is 1.31 bits per heavy atom. The largest absolute Gasteiger partial charge is 0.369 e. The molecular formula is C5H2N5O2P. The van der Waals surface area contributed by atoms with Crippen molar-refractivity contribution in [3.8, 4) is 0 Å². The molecule has 13 heavy (non-hydrogen) atoms. The molecule has 7 nitrogen and oxygen atoms in total. The Morgan fingerprint density at radius 3 is 2.77 bits per heavy atom. The summed E-state index contributed by atoms with van der Waals surface area (Å²) >= 11 is 0. The zero-order valence-corrected chi connectivity index (χ0v) is 7.02. The number of anilines is 1. The Labute approximate surface area is 70.3 Å². The summed E-state index contributed by atoms with van der Waals surface area (Å²) < 4.78 is 14.8. The van der Waals surface area contributed by atoms with Gasteiger partial charge in [-0.2, -0.15) is 4.98 Å². The van der Waals surface area contributed by atoms with E-state index in [0.717, 1.165) is 0 Å². The molecule has 2 N–H and O–H groups in total. The summed E-state index contributed by atoms with van der Waals surface area (Å²) in [6.07, 6.45) is 0. The first kappa shape index (κ1) is 5.93. The van der Waals surface area contributed by atoms with E-state index in [4.69, 9.17) is 5.73 Å². The van der Waals surface area contributed by atoms with Crippen LogP contribution in [0.1, 0.15) is 0 Å². The van der Waals surface area contributed by atoms with Crippen molar-refractivity contribution in [1.82, 2.24) is 18.6 Å². The number of nitrogens with two attached hydrogens (primary N) is 1. The van der Waals surface area contributed by atoms with Crippen molar-refractivity contribution >= 4 is 30.1 Å². The first-order chi connectivity index (χ1) is 6.15. The van der Waals surface area contributed by atoms with Crippen LogP contribution < -0.4 is 16.9 Å². The Bertz CT molecular complexity index is 710. The van der Waals surface area contributed by atoms with Crippen LogP contribution >= 0.6 is 7.44 Å².